The minimum atomic E-state index is 0.271. The molecule has 0 saturated carbocycles. The maximum Gasteiger partial charge on any atom is 0.121 e. The summed E-state index contributed by atoms with van der Waals surface area (Å²) < 4.78 is 5.42. The predicted octanol–water partition coefficient (Wildman–Crippen LogP) is 6.09. The highest BCUT2D eigenvalue weighted by Gasteiger charge is 2.26. The SMILES string of the molecule is COc1ccc2c(c1)N[C@H](c1ccccc1)C[C@@H](c1ccccc1)S2. The zero-order valence-corrected chi connectivity index (χ0v) is 15.0. The third-order valence-electron chi connectivity index (χ3n) is 4.61. The van der Waals surface area contributed by atoms with E-state index in [4.69, 9.17) is 4.74 Å². The van der Waals surface area contributed by atoms with Crippen LogP contribution in [0.5, 0.6) is 5.75 Å². The van der Waals surface area contributed by atoms with Crippen LogP contribution in [0, 0.1) is 0 Å². The second-order valence-electron chi connectivity index (χ2n) is 6.22. The van der Waals surface area contributed by atoms with Crippen LogP contribution in [0.2, 0.25) is 0 Å². The standard InChI is InChI=1S/C22H21NOS/c1-24-18-12-13-21-20(14-18)23-19(16-8-4-2-5-9-16)15-22(25-21)17-10-6-3-7-11-17/h2-14,19,22-23H,15H2,1H3/t19-,22-/m0/s1. The van der Waals surface area contributed by atoms with Crippen molar-refractivity contribution in [3.05, 3.63) is 90.0 Å². The van der Waals surface area contributed by atoms with Gasteiger partial charge in [0.1, 0.15) is 5.75 Å². The molecule has 0 spiro atoms. The first-order chi connectivity index (χ1) is 12.3. The zero-order valence-electron chi connectivity index (χ0n) is 14.2. The number of anilines is 1. The van der Waals surface area contributed by atoms with Gasteiger partial charge in [0.15, 0.2) is 0 Å². The molecule has 0 radical (unpaired) electrons. The normalized spacial score (nSPS) is 19.4. The Morgan fingerprint density at radius 3 is 2.24 bits per heavy atom. The monoisotopic (exact) mass is 347 g/mol. The molecule has 3 heteroatoms. The maximum absolute atomic E-state index is 5.42. The van der Waals surface area contributed by atoms with Crippen LogP contribution in [-0.4, -0.2) is 7.11 Å². The Hall–Kier alpha value is -2.39. The van der Waals surface area contributed by atoms with Gasteiger partial charge in [-0.1, -0.05) is 60.7 Å². The summed E-state index contributed by atoms with van der Waals surface area (Å²) in [6.45, 7) is 0. The average molecular weight is 347 g/mol. The predicted molar refractivity (Wildman–Crippen MR) is 105 cm³/mol. The van der Waals surface area contributed by atoms with E-state index in [1.54, 1.807) is 7.11 Å². The summed E-state index contributed by atoms with van der Waals surface area (Å²) in [6, 6.07) is 28.1. The van der Waals surface area contributed by atoms with Crippen LogP contribution < -0.4 is 10.1 Å². The molecule has 3 aromatic carbocycles. The van der Waals surface area contributed by atoms with Crippen molar-refractivity contribution in [3.8, 4) is 5.75 Å². The smallest absolute Gasteiger partial charge is 0.121 e. The summed E-state index contributed by atoms with van der Waals surface area (Å²) in [5.74, 6) is 0.886. The van der Waals surface area contributed by atoms with Crippen molar-refractivity contribution >= 4 is 17.4 Å². The highest BCUT2D eigenvalue weighted by atomic mass is 32.2. The fraction of sp³-hybridized carbons (Fsp3) is 0.182. The lowest BCUT2D eigenvalue weighted by molar-refractivity contribution is 0.414. The molecule has 126 valence electrons. The van der Waals surface area contributed by atoms with Crippen molar-refractivity contribution in [2.24, 2.45) is 0 Å². The number of thioether (sulfide) groups is 1. The van der Waals surface area contributed by atoms with Crippen LogP contribution in [0.4, 0.5) is 5.69 Å². The highest BCUT2D eigenvalue weighted by Crippen LogP contribution is 2.48. The van der Waals surface area contributed by atoms with Crippen molar-refractivity contribution in [1.29, 1.82) is 0 Å². The second-order valence-corrected chi connectivity index (χ2v) is 7.47. The lowest BCUT2D eigenvalue weighted by Gasteiger charge is -2.21. The molecule has 2 nitrogen and oxygen atoms in total. The molecule has 1 aliphatic heterocycles. The third kappa shape index (κ3) is 3.52. The quantitative estimate of drug-likeness (QED) is 0.620. The largest absolute Gasteiger partial charge is 0.497 e. The number of hydrogen-bond donors (Lipinski definition) is 1. The Kier molecular flexibility index (Phi) is 4.66. The number of hydrogen-bond acceptors (Lipinski definition) is 3. The van der Waals surface area contributed by atoms with Crippen LogP contribution >= 0.6 is 11.8 Å². The average Bonchev–Trinajstić information content (AvgIpc) is 2.88. The van der Waals surface area contributed by atoms with Gasteiger partial charge < -0.3 is 10.1 Å². The number of benzene rings is 3. The Labute approximate surface area is 153 Å². The first-order valence-corrected chi connectivity index (χ1v) is 9.42. The lowest BCUT2D eigenvalue weighted by Crippen LogP contribution is -2.11. The van der Waals surface area contributed by atoms with Gasteiger partial charge in [0.25, 0.3) is 0 Å². The number of fused-ring (bicyclic) bond motifs is 1. The zero-order chi connectivity index (χ0) is 17.1. The van der Waals surface area contributed by atoms with Crippen LogP contribution in [0.1, 0.15) is 28.8 Å². The van der Waals surface area contributed by atoms with Crippen LogP contribution in [0.15, 0.2) is 83.8 Å². The molecule has 4 rings (SSSR count). The number of methoxy groups -OCH3 is 1. The summed E-state index contributed by atoms with van der Waals surface area (Å²) in [6.07, 6.45) is 1.04. The van der Waals surface area contributed by atoms with Gasteiger partial charge in [0, 0.05) is 16.2 Å². The van der Waals surface area contributed by atoms with E-state index in [9.17, 15) is 0 Å². The van der Waals surface area contributed by atoms with E-state index >= 15 is 0 Å². The van der Waals surface area contributed by atoms with E-state index in [1.165, 1.54) is 16.0 Å². The van der Waals surface area contributed by atoms with Crippen molar-refractivity contribution in [3.63, 3.8) is 0 Å². The fourth-order valence-corrected chi connectivity index (χ4v) is 4.57. The van der Waals surface area contributed by atoms with E-state index in [-0.39, 0.29) is 6.04 Å². The van der Waals surface area contributed by atoms with Gasteiger partial charge in [-0.25, -0.2) is 0 Å². The molecule has 1 heterocycles. The summed E-state index contributed by atoms with van der Waals surface area (Å²) in [5, 5.41) is 4.16. The van der Waals surface area contributed by atoms with Crippen molar-refractivity contribution in [2.75, 3.05) is 12.4 Å². The van der Waals surface area contributed by atoms with Gasteiger partial charge in [0.2, 0.25) is 0 Å². The molecule has 0 bridgehead atoms. The minimum absolute atomic E-state index is 0.271. The molecule has 0 amide bonds. The summed E-state index contributed by atoms with van der Waals surface area (Å²) in [5.41, 5.74) is 3.84. The fourth-order valence-electron chi connectivity index (χ4n) is 3.29. The van der Waals surface area contributed by atoms with Crippen LogP contribution in [-0.2, 0) is 0 Å². The van der Waals surface area contributed by atoms with E-state index in [1.807, 2.05) is 17.8 Å². The molecule has 0 aromatic heterocycles. The first kappa shape index (κ1) is 16.1. The summed E-state index contributed by atoms with van der Waals surface area (Å²) >= 11 is 1.93. The van der Waals surface area contributed by atoms with Crippen molar-refractivity contribution in [1.82, 2.24) is 0 Å². The third-order valence-corrected chi connectivity index (χ3v) is 5.97. The van der Waals surface area contributed by atoms with Crippen LogP contribution in [0.3, 0.4) is 0 Å². The highest BCUT2D eigenvalue weighted by molar-refractivity contribution is 7.99. The molecule has 2 atom stereocenters. The van der Waals surface area contributed by atoms with Crippen molar-refractivity contribution < 1.29 is 4.74 Å². The topological polar surface area (TPSA) is 21.3 Å². The van der Waals surface area contributed by atoms with Gasteiger partial charge >= 0.3 is 0 Å². The van der Waals surface area contributed by atoms with E-state index < -0.39 is 0 Å². The number of nitrogens with one attached hydrogen (secondary N) is 1. The number of rotatable bonds is 3. The Morgan fingerprint density at radius 1 is 0.880 bits per heavy atom. The van der Waals surface area contributed by atoms with Crippen molar-refractivity contribution in [2.45, 2.75) is 22.6 Å². The molecule has 1 aliphatic rings. The lowest BCUT2D eigenvalue weighted by atomic mass is 9.98. The minimum Gasteiger partial charge on any atom is -0.497 e. The van der Waals surface area contributed by atoms with Gasteiger partial charge in [-0.3, -0.25) is 0 Å². The Bertz CT molecular complexity index is 835. The molecule has 3 aromatic rings. The molecule has 1 N–H and O–H groups in total. The molecular formula is C22H21NOS. The van der Waals surface area contributed by atoms with E-state index in [0.717, 1.165) is 17.9 Å². The maximum atomic E-state index is 5.42. The molecule has 0 saturated heterocycles. The molecule has 0 fully saturated rings. The number of ether oxygens (including phenoxy) is 1. The first-order valence-electron chi connectivity index (χ1n) is 8.54. The van der Waals surface area contributed by atoms with Crippen LogP contribution in [0.25, 0.3) is 0 Å². The molecule has 0 aliphatic carbocycles. The van der Waals surface area contributed by atoms with Gasteiger partial charge in [-0.15, -0.1) is 11.8 Å². The van der Waals surface area contributed by atoms with Gasteiger partial charge in [-0.2, -0.15) is 0 Å². The Morgan fingerprint density at radius 2 is 1.56 bits per heavy atom. The van der Waals surface area contributed by atoms with Gasteiger partial charge in [-0.05, 0) is 29.7 Å². The van der Waals surface area contributed by atoms with E-state index in [2.05, 4.69) is 78.1 Å². The Balaban J connectivity index is 1.75. The summed E-state index contributed by atoms with van der Waals surface area (Å²) in [4.78, 5) is 1.27. The van der Waals surface area contributed by atoms with E-state index in [0.29, 0.717) is 5.25 Å². The molecule has 25 heavy (non-hydrogen) atoms. The second kappa shape index (κ2) is 7.24. The molecular weight excluding hydrogens is 326 g/mol. The summed E-state index contributed by atoms with van der Waals surface area (Å²) in [7, 11) is 1.72. The van der Waals surface area contributed by atoms with Gasteiger partial charge in [0.05, 0.1) is 18.8 Å². The molecule has 0 unspecified atom stereocenters.